The smallest absolute Gasteiger partial charge is 0.215 e. The molecular formula is C17H21N3O. The molecule has 0 radical (unpaired) electrons. The third kappa shape index (κ3) is 3.52. The van der Waals surface area contributed by atoms with Crippen LogP contribution in [0.4, 0.5) is 5.82 Å². The Bertz CT molecular complexity index is 573. The van der Waals surface area contributed by atoms with Crippen LogP contribution in [-0.2, 0) is 6.61 Å². The van der Waals surface area contributed by atoms with Crippen LogP contribution in [0.5, 0.6) is 5.88 Å². The zero-order valence-corrected chi connectivity index (χ0v) is 12.3. The van der Waals surface area contributed by atoms with E-state index in [1.54, 1.807) is 0 Å². The van der Waals surface area contributed by atoms with Gasteiger partial charge in [-0.2, -0.15) is 4.98 Å². The summed E-state index contributed by atoms with van der Waals surface area (Å²) in [6.07, 6.45) is 0. The topological polar surface area (TPSA) is 37.4 Å². The summed E-state index contributed by atoms with van der Waals surface area (Å²) in [6.45, 7) is 5.74. The van der Waals surface area contributed by atoms with E-state index in [9.17, 15) is 0 Å². The maximum absolute atomic E-state index is 5.81. The van der Waals surface area contributed by atoms with E-state index in [4.69, 9.17) is 4.74 Å². The average molecular weight is 283 g/mol. The highest BCUT2D eigenvalue weighted by atomic mass is 16.5. The van der Waals surface area contributed by atoms with Crippen molar-refractivity contribution in [1.82, 2.24) is 10.3 Å². The highest BCUT2D eigenvalue weighted by Crippen LogP contribution is 2.19. The van der Waals surface area contributed by atoms with Gasteiger partial charge in [0.05, 0.1) is 0 Å². The Morgan fingerprint density at radius 3 is 2.86 bits per heavy atom. The maximum Gasteiger partial charge on any atom is 0.215 e. The van der Waals surface area contributed by atoms with Gasteiger partial charge in [0.15, 0.2) is 0 Å². The van der Waals surface area contributed by atoms with Gasteiger partial charge in [0.25, 0.3) is 0 Å². The number of hydrogen-bond donors (Lipinski definition) is 1. The molecule has 4 heteroatoms. The molecule has 2 aromatic rings. The van der Waals surface area contributed by atoms with Crippen LogP contribution in [0.1, 0.15) is 12.5 Å². The number of nitrogens with zero attached hydrogens (tertiary/aromatic N) is 2. The van der Waals surface area contributed by atoms with Gasteiger partial charge < -0.3 is 15.0 Å². The van der Waals surface area contributed by atoms with Gasteiger partial charge in [-0.05, 0) is 18.6 Å². The molecule has 0 amide bonds. The normalized spacial score (nSPS) is 18.5. The number of nitrogens with one attached hydrogen (secondary N) is 1. The van der Waals surface area contributed by atoms with Crippen LogP contribution < -0.4 is 15.0 Å². The summed E-state index contributed by atoms with van der Waals surface area (Å²) in [5, 5.41) is 3.39. The minimum absolute atomic E-state index is 0.454. The Balaban J connectivity index is 1.68. The summed E-state index contributed by atoms with van der Waals surface area (Å²) in [5.41, 5.74) is 1.15. The van der Waals surface area contributed by atoms with Crippen molar-refractivity contribution >= 4 is 5.82 Å². The summed E-state index contributed by atoms with van der Waals surface area (Å²) in [5.74, 6) is 1.68. The van der Waals surface area contributed by atoms with Crippen LogP contribution in [0, 0.1) is 0 Å². The number of piperazine rings is 1. The number of rotatable bonds is 4. The Morgan fingerprint density at radius 1 is 1.19 bits per heavy atom. The lowest BCUT2D eigenvalue weighted by Crippen LogP contribution is -2.50. The van der Waals surface area contributed by atoms with Gasteiger partial charge in [0.1, 0.15) is 12.4 Å². The molecule has 0 bridgehead atoms. The average Bonchev–Trinajstić information content (AvgIpc) is 2.55. The fourth-order valence-corrected chi connectivity index (χ4v) is 2.56. The standard InChI is InChI=1S/C17H21N3O/c1-14-12-18-10-11-20(14)16-8-5-9-17(19-16)21-13-15-6-3-2-4-7-15/h2-9,14,18H,10-13H2,1H3/t14-/m1/s1. The molecule has 1 fully saturated rings. The largest absolute Gasteiger partial charge is 0.473 e. The first kappa shape index (κ1) is 13.9. The molecule has 3 rings (SSSR count). The van der Waals surface area contributed by atoms with Crippen molar-refractivity contribution < 1.29 is 4.74 Å². The molecule has 0 unspecified atom stereocenters. The second-order valence-corrected chi connectivity index (χ2v) is 5.35. The van der Waals surface area contributed by atoms with Crippen molar-refractivity contribution in [3.05, 3.63) is 54.1 Å². The number of hydrogen-bond acceptors (Lipinski definition) is 4. The van der Waals surface area contributed by atoms with E-state index in [0.29, 0.717) is 18.5 Å². The van der Waals surface area contributed by atoms with E-state index < -0.39 is 0 Å². The maximum atomic E-state index is 5.81. The molecule has 1 aromatic heterocycles. The van der Waals surface area contributed by atoms with Gasteiger partial charge in [-0.25, -0.2) is 0 Å². The van der Waals surface area contributed by atoms with E-state index >= 15 is 0 Å². The van der Waals surface area contributed by atoms with Gasteiger partial charge >= 0.3 is 0 Å². The van der Waals surface area contributed by atoms with Gasteiger partial charge in [-0.3, -0.25) is 0 Å². The summed E-state index contributed by atoms with van der Waals surface area (Å²) in [7, 11) is 0. The molecule has 1 aliphatic rings. The van der Waals surface area contributed by atoms with E-state index in [2.05, 4.69) is 40.3 Å². The van der Waals surface area contributed by atoms with Gasteiger partial charge in [0.2, 0.25) is 5.88 Å². The Kier molecular flexibility index (Phi) is 4.36. The second-order valence-electron chi connectivity index (χ2n) is 5.35. The fraction of sp³-hybridized carbons (Fsp3) is 0.353. The predicted molar refractivity (Wildman–Crippen MR) is 84.7 cm³/mol. The first-order chi connectivity index (χ1) is 10.3. The van der Waals surface area contributed by atoms with Crippen molar-refractivity contribution in [3.63, 3.8) is 0 Å². The quantitative estimate of drug-likeness (QED) is 0.935. The summed E-state index contributed by atoms with van der Waals surface area (Å²) < 4.78 is 5.81. The SMILES string of the molecule is C[C@@H]1CNCCN1c1cccc(OCc2ccccc2)n1. The Labute approximate surface area is 125 Å². The van der Waals surface area contributed by atoms with Crippen LogP contribution in [0.15, 0.2) is 48.5 Å². The molecule has 1 saturated heterocycles. The third-order valence-electron chi connectivity index (χ3n) is 3.73. The highest BCUT2D eigenvalue weighted by molar-refractivity contribution is 5.42. The zero-order valence-electron chi connectivity index (χ0n) is 12.3. The van der Waals surface area contributed by atoms with Gasteiger partial charge in [0, 0.05) is 31.7 Å². The Morgan fingerprint density at radius 2 is 2.05 bits per heavy atom. The van der Waals surface area contributed by atoms with Crippen molar-refractivity contribution in [2.24, 2.45) is 0 Å². The minimum atomic E-state index is 0.454. The number of aromatic nitrogens is 1. The third-order valence-corrected chi connectivity index (χ3v) is 3.73. The number of anilines is 1. The summed E-state index contributed by atoms with van der Waals surface area (Å²) >= 11 is 0. The molecule has 0 aliphatic carbocycles. The van der Waals surface area contributed by atoms with Crippen LogP contribution in [0.3, 0.4) is 0 Å². The lowest BCUT2D eigenvalue weighted by atomic mass is 10.2. The molecule has 110 valence electrons. The molecule has 1 aliphatic heterocycles. The van der Waals surface area contributed by atoms with Crippen LogP contribution in [0.2, 0.25) is 0 Å². The van der Waals surface area contributed by atoms with E-state index in [-0.39, 0.29) is 0 Å². The summed E-state index contributed by atoms with van der Waals surface area (Å²) in [6, 6.07) is 16.6. The van der Waals surface area contributed by atoms with Gasteiger partial charge in [-0.15, -0.1) is 0 Å². The first-order valence-corrected chi connectivity index (χ1v) is 7.44. The lowest BCUT2D eigenvalue weighted by molar-refractivity contribution is 0.293. The lowest BCUT2D eigenvalue weighted by Gasteiger charge is -2.34. The second kappa shape index (κ2) is 6.59. The van der Waals surface area contributed by atoms with E-state index in [1.165, 1.54) is 0 Å². The predicted octanol–water partition coefficient (Wildman–Crippen LogP) is 2.46. The Hall–Kier alpha value is -2.07. The molecular weight excluding hydrogens is 262 g/mol. The van der Waals surface area contributed by atoms with Crippen molar-refractivity contribution in [2.45, 2.75) is 19.6 Å². The monoisotopic (exact) mass is 283 g/mol. The molecule has 1 atom stereocenters. The van der Waals surface area contributed by atoms with E-state index in [0.717, 1.165) is 31.0 Å². The number of pyridine rings is 1. The molecule has 1 aromatic carbocycles. The molecule has 4 nitrogen and oxygen atoms in total. The van der Waals surface area contributed by atoms with Crippen molar-refractivity contribution in [1.29, 1.82) is 0 Å². The van der Waals surface area contributed by atoms with Crippen molar-refractivity contribution in [3.8, 4) is 5.88 Å². The molecule has 0 spiro atoms. The van der Waals surface area contributed by atoms with Crippen LogP contribution in [0.25, 0.3) is 0 Å². The fourth-order valence-electron chi connectivity index (χ4n) is 2.56. The molecule has 2 heterocycles. The van der Waals surface area contributed by atoms with Gasteiger partial charge in [-0.1, -0.05) is 36.4 Å². The number of benzene rings is 1. The zero-order chi connectivity index (χ0) is 14.5. The molecule has 1 N–H and O–H groups in total. The van der Waals surface area contributed by atoms with E-state index in [1.807, 2.05) is 30.3 Å². The minimum Gasteiger partial charge on any atom is -0.473 e. The van der Waals surface area contributed by atoms with Crippen LogP contribution in [-0.4, -0.2) is 30.7 Å². The highest BCUT2D eigenvalue weighted by Gasteiger charge is 2.19. The molecule has 21 heavy (non-hydrogen) atoms. The summed E-state index contributed by atoms with van der Waals surface area (Å²) in [4.78, 5) is 6.96. The number of ether oxygens (including phenoxy) is 1. The van der Waals surface area contributed by atoms with Crippen LogP contribution >= 0.6 is 0 Å². The first-order valence-electron chi connectivity index (χ1n) is 7.44. The molecule has 0 saturated carbocycles. The van der Waals surface area contributed by atoms with Crippen molar-refractivity contribution in [2.75, 3.05) is 24.5 Å².